The van der Waals surface area contributed by atoms with Gasteiger partial charge in [0.05, 0.1) is 7.11 Å². The van der Waals surface area contributed by atoms with Crippen LogP contribution in [-0.2, 0) is 13.0 Å². The normalized spacial score (nSPS) is 10.3. The van der Waals surface area contributed by atoms with E-state index < -0.39 is 0 Å². The highest BCUT2D eigenvalue weighted by Gasteiger charge is 2.06. The van der Waals surface area contributed by atoms with Gasteiger partial charge in [-0.1, -0.05) is 19.1 Å². The van der Waals surface area contributed by atoms with E-state index in [9.17, 15) is 0 Å². The van der Waals surface area contributed by atoms with Gasteiger partial charge in [-0.15, -0.1) is 0 Å². The van der Waals surface area contributed by atoms with Crippen LogP contribution in [0.3, 0.4) is 0 Å². The summed E-state index contributed by atoms with van der Waals surface area (Å²) in [5.74, 6) is 0.837. The predicted molar refractivity (Wildman–Crippen MR) is 85.3 cm³/mol. The lowest BCUT2D eigenvalue weighted by Gasteiger charge is -2.21. The third-order valence-electron chi connectivity index (χ3n) is 3.54. The summed E-state index contributed by atoms with van der Waals surface area (Å²) in [5.41, 5.74) is 10.4. The third kappa shape index (κ3) is 3.23. The number of hydrogen-bond donors (Lipinski definition) is 1. The number of nitrogens with zero attached hydrogens (tertiary/aromatic N) is 1. The van der Waals surface area contributed by atoms with E-state index >= 15 is 0 Å². The third-order valence-corrected chi connectivity index (χ3v) is 3.54. The number of anilines is 2. The lowest BCUT2D eigenvalue weighted by molar-refractivity contribution is 0.414. The Morgan fingerprint density at radius 1 is 1.10 bits per heavy atom. The molecule has 0 atom stereocenters. The monoisotopic (exact) mass is 270 g/mol. The number of methoxy groups -OCH3 is 1. The average Bonchev–Trinajstić information content (AvgIpc) is 2.49. The Balaban J connectivity index is 2.15. The Morgan fingerprint density at radius 3 is 2.40 bits per heavy atom. The van der Waals surface area contributed by atoms with E-state index in [0.29, 0.717) is 0 Å². The average molecular weight is 270 g/mol. The highest BCUT2D eigenvalue weighted by atomic mass is 16.5. The van der Waals surface area contributed by atoms with E-state index in [0.717, 1.165) is 30.0 Å². The summed E-state index contributed by atoms with van der Waals surface area (Å²) >= 11 is 0. The van der Waals surface area contributed by atoms with Gasteiger partial charge in [0.2, 0.25) is 0 Å². The molecule has 0 aromatic heterocycles. The minimum absolute atomic E-state index is 0.758. The van der Waals surface area contributed by atoms with Crippen LogP contribution in [0.15, 0.2) is 42.5 Å². The number of aryl methyl sites for hydroxylation is 1. The molecule has 0 unspecified atom stereocenters. The lowest BCUT2D eigenvalue weighted by atomic mass is 10.1. The maximum atomic E-state index is 6.03. The van der Waals surface area contributed by atoms with Gasteiger partial charge >= 0.3 is 0 Å². The minimum atomic E-state index is 0.758. The fourth-order valence-corrected chi connectivity index (χ4v) is 2.18. The van der Waals surface area contributed by atoms with Crippen LogP contribution in [-0.4, -0.2) is 14.2 Å². The van der Waals surface area contributed by atoms with E-state index in [1.807, 2.05) is 18.2 Å². The zero-order chi connectivity index (χ0) is 14.5. The molecule has 0 bridgehead atoms. The van der Waals surface area contributed by atoms with Crippen molar-refractivity contribution in [3.8, 4) is 5.75 Å². The first-order valence-electron chi connectivity index (χ1n) is 6.86. The summed E-state index contributed by atoms with van der Waals surface area (Å²) in [6.07, 6.45) is 1.06. The number of nitrogens with two attached hydrogens (primary N) is 1. The second kappa shape index (κ2) is 6.33. The first kappa shape index (κ1) is 14.3. The van der Waals surface area contributed by atoms with Gasteiger partial charge in [-0.05, 0) is 47.9 Å². The number of nitrogen functional groups attached to an aromatic ring is 1. The van der Waals surface area contributed by atoms with Gasteiger partial charge in [-0.2, -0.15) is 0 Å². The van der Waals surface area contributed by atoms with E-state index in [2.05, 4.69) is 43.1 Å². The first-order chi connectivity index (χ1) is 9.63. The van der Waals surface area contributed by atoms with Crippen LogP contribution in [0.4, 0.5) is 11.4 Å². The predicted octanol–water partition coefficient (Wildman–Crippen LogP) is 3.48. The van der Waals surface area contributed by atoms with Crippen molar-refractivity contribution in [2.45, 2.75) is 19.9 Å². The summed E-state index contributed by atoms with van der Waals surface area (Å²) in [7, 11) is 3.74. The van der Waals surface area contributed by atoms with Crippen molar-refractivity contribution in [1.29, 1.82) is 0 Å². The number of benzene rings is 2. The van der Waals surface area contributed by atoms with Crippen LogP contribution in [0.2, 0.25) is 0 Å². The van der Waals surface area contributed by atoms with Gasteiger partial charge in [0.25, 0.3) is 0 Å². The second-order valence-corrected chi connectivity index (χ2v) is 4.94. The minimum Gasteiger partial charge on any atom is -0.497 e. The smallest absolute Gasteiger partial charge is 0.119 e. The van der Waals surface area contributed by atoms with E-state index in [-0.39, 0.29) is 0 Å². The van der Waals surface area contributed by atoms with Crippen LogP contribution < -0.4 is 15.4 Å². The van der Waals surface area contributed by atoms with Crippen LogP contribution in [0.1, 0.15) is 18.1 Å². The lowest BCUT2D eigenvalue weighted by Crippen LogP contribution is -2.17. The molecule has 2 aromatic rings. The molecule has 0 aliphatic carbocycles. The SMILES string of the molecule is CCc1ccc(N(C)Cc2cc(OC)ccc2N)cc1. The van der Waals surface area contributed by atoms with Crippen LogP contribution in [0.25, 0.3) is 0 Å². The molecule has 2 rings (SSSR count). The number of hydrogen-bond acceptors (Lipinski definition) is 3. The molecule has 0 amide bonds. The quantitative estimate of drug-likeness (QED) is 0.845. The van der Waals surface area contributed by atoms with Gasteiger partial charge in [-0.25, -0.2) is 0 Å². The van der Waals surface area contributed by atoms with Gasteiger partial charge < -0.3 is 15.4 Å². The molecule has 0 saturated carbocycles. The molecule has 0 aliphatic heterocycles. The Hall–Kier alpha value is -2.16. The molecule has 106 valence electrons. The molecule has 0 heterocycles. The van der Waals surface area contributed by atoms with Crippen molar-refractivity contribution in [3.63, 3.8) is 0 Å². The number of rotatable bonds is 5. The molecule has 0 radical (unpaired) electrons. The summed E-state index contributed by atoms with van der Waals surface area (Å²) in [4.78, 5) is 2.19. The standard InChI is InChI=1S/C17H22N2O/c1-4-13-5-7-15(8-6-13)19(2)12-14-11-16(20-3)9-10-17(14)18/h5-11H,4,12,18H2,1-3H3. The Bertz CT molecular complexity index is 564. The van der Waals surface area contributed by atoms with E-state index in [1.165, 1.54) is 11.3 Å². The Morgan fingerprint density at radius 2 is 1.80 bits per heavy atom. The summed E-state index contributed by atoms with van der Waals surface area (Å²) in [6.45, 7) is 2.92. The summed E-state index contributed by atoms with van der Waals surface area (Å²) < 4.78 is 5.25. The van der Waals surface area contributed by atoms with Gasteiger partial charge in [0.15, 0.2) is 0 Å². The van der Waals surface area contributed by atoms with Crippen molar-refractivity contribution in [1.82, 2.24) is 0 Å². The molecule has 2 N–H and O–H groups in total. The Labute approximate surface area is 121 Å². The first-order valence-corrected chi connectivity index (χ1v) is 6.86. The molecule has 0 fully saturated rings. The maximum Gasteiger partial charge on any atom is 0.119 e. The van der Waals surface area contributed by atoms with Crippen molar-refractivity contribution >= 4 is 11.4 Å². The molecule has 0 saturated heterocycles. The zero-order valence-corrected chi connectivity index (χ0v) is 12.4. The molecule has 3 nitrogen and oxygen atoms in total. The summed E-state index contributed by atoms with van der Waals surface area (Å²) in [5, 5.41) is 0. The van der Waals surface area contributed by atoms with Crippen molar-refractivity contribution in [2.24, 2.45) is 0 Å². The van der Waals surface area contributed by atoms with Crippen LogP contribution >= 0.6 is 0 Å². The van der Waals surface area contributed by atoms with Crippen LogP contribution in [0, 0.1) is 0 Å². The fourth-order valence-electron chi connectivity index (χ4n) is 2.18. The maximum absolute atomic E-state index is 6.03. The van der Waals surface area contributed by atoms with Gasteiger partial charge in [0.1, 0.15) is 5.75 Å². The van der Waals surface area contributed by atoms with Gasteiger partial charge in [-0.3, -0.25) is 0 Å². The topological polar surface area (TPSA) is 38.5 Å². The van der Waals surface area contributed by atoms with Crippen LogP contribution in [0.5, 0.6) is 5.75 Å². The van der Waals surface area contributed by atoms with E-state index in [4.69, 9.17) is 10.5 Å². The summed E-state index contributed by atoms with van der Waals surface area (Å²) in [6, 6.07) is 14.4. The molecule has 3 heteroatoms. The van der Waals surface area contributed by atoms with E-state index in [1.54, 1.807) is 7.11 Å². The second-order valence-electron chi connectivity index (χ2n) is 4.94. The molecular formula is C17H22N2O. The Kier molecular flexibility index (Phi) is 4.51. The van der Waals surface area contributed by atoms with Crippen molar-refractivity contribution in [2.75, 3.05) is 24.8 Å². The largest absolute Gasteiger partial charge is 0.497 e. The molecule has 2 aromatic carbocycles. The zero-order valence-electron chi connectivity index (χ0n) is 12.4. The van der Waals surface area contributed by atoms with Crippen molar-refractivity contribution in [3.05, 3.63) is 53.6 Å². The molecule has 0 aliphatic rings. The fraction of sp³-hybridized carbons (Fsp3) is 0.294. The molecular weight excluding hydrogens is 248 g/mol. The highest BCUT2D eigenvalue weighted by Crippen LogP contribution is 2.23. The molecule has 0 spiro atoms. The highest BCUT2D eigenvalue weighted by molar-refractivity contribution is 5.54. The number of ether oxygens (including phenoxy) is 1. The van der Waals surface area contributed by atoms with Gasteiger partial charge in [0, 0.05) is 25.0 Å². The van der Waals surface area contributed by atoms with Crippen molar-refractivity contribution < 1.29 is 4.74 Å². The molecule has 20 heavy (non-hydrogen) atoms.